The quantitative estimate of drug-likeness (QED) is 0.604. The molecule has 0 radical (unpaired) electrons. The van der Waals surface area contributed by atoms with Gasteiger partial charge in [-0.15, -0.1) is 0 Å². The van der Waals surface area contributed by atoms with Crippen LogP contribution < -0.4 is 19.7 Å². The smallest absolute Gasteiger partial charge is 0.408 e. The van der Waals surface area contributed by atoms with E-state index < -0.39 is 23.6 Å². The Labute approximate surface area is 128 Å². The SMILES string of the molecule is CN1C(=O)C(NC(=O)OC(C)(C)C)COc2ccc[n+]([O-])c21. The van der Waals surface area contributed by atoms with Crippen LogP contribution in [0.15, 0.2) is 18.3 Å². The Kier molecular flexibility index (Phi) is 4.11. The molecule has 2 rings (SSSR count). The van der Waals surface area contributed by atoms with Crippen molar-refractivity contribution in [2.45, 2.75) is 32.4 Å². The van der Waals surface area contributed by atoms with Crippen molar-refractivity contribution >= 4 is 17.8 Å². The molecule has 0 spiro atoms. The van der Waals surface area contributed by atoms with Gasteiger partial charge in [0, 0.05) is 0 Å². The van der Waals surface area contributed by atoms with E-state index in [0.717, 1.165) is 4.90 Å². The number of pyridine rings is 1. The topological polar surface area (TPSA) is 94.8 Å². The van der Waals surface area contributed by atoms with Crippen LogP contribution in [-0.2, 0) is 9.53 Å². The largest absolute Gasteiger partial charge is 0.710 e. The van der Waals surface area contributed by atoms with Crippen molar-refractivity contribution in [2.24, 2.45) is 0 Å². The highest BCUT2D eigenvalue weighted by atomic mass is 16.6. The van der Waals surface area contributed by atoms with Gasteiger partial charge < -0.3 is 20.0 Å². The van der Waals surface area contributed by atoms with E-state index in [4.69, 9.17) is 9.47 Å². The summed E-state index contributed by atoms with van der Waals surface area (Å²) in [6, 6.07) is 2.17. The molecule has 1 aromatic rings. The summed E-state index contributed by atoms with van der Waals surface area (Å²) >= 11 is 0. The maximum atomic E-state index is 12.4. The average molecular weight is 309 g/mol. The number of anilines is 1. The zero-order valence-corrected chi connectivity index (χ0v) is 13.0. The summed E-state index contributed by atoms with van der Waals surface area (Å²) in [6.07, 6.45) is 0.553. The van der Waals surface area contributed by atoms with Gasteiger partial charge in [0.15, 0.2) is 6.04 Å². The van der Waals surface area contributed by atoms with Crippen LogP contribution in [0.1, 0.15) is 20.8 Å². The van der Waals surface area contributed by atoms with Gasteiger partial charge in [-0.2, -0.15) is 4.90 Å². The molecule has 0 aromatic carbocycles. The van der Waals surface area contributed by atoms with E-state index in [-0.39, 0.29) is 18.2 Å². The average Bonchev–Trinajstić information content (AvgIpc) is 2.50. The van der Waals surface area contributed by atoms with Crippen molar-refractivity contribution in [3.8, 4) is 5.75 Å². The van der Waals surface area contributed by atoms with E-state index in [0.29, 0.717) is 4.73 Å². The van der Waals surface area contributed by atoms with Gasteiger partial charge in [0.1, 0.15) is 12.2 Å². The summed E-state index contributed by atoms with van der Waals surface area (Å²) in [7, 11) is 1.45. The van der Waals surface area contributed by atoms with Crippen molar-refractivity contribution in [3.05, 3.63) is 23.5 Å². The maximum absolute atomic E-state index is 12.4. The highest BCUT2D eigenvalue weighted by Gasteiger charge is 2.38. The van der Waals surface area contributed by atoms with Crippen LogP contribution in [0.5, 0.6) is 5.75 Å². The van der Waals surface area contributed by atoms with Gasteiger partial charge >= 0.3 is 17.8 Å². The Balaban J connectivity index is 2.17. The van der Waals surface area contributed by atoms with Gasteiger partial charge in [-0.05, 0) is 32.9 Å². The number of likely N-dealkylation sites (N-methyl/N-ethyl adjacent to an activating group) is 1. The minimum absolute atomic E-state index is 0.0839. The normalized spacial score (nSPS) is 18.1. The molecule has 0 saturated heterocycles. The van der Waals surface area contributed by atoms with E-state index >= 15 is 0 Å². The molecule has 0 saturated carbocycles. The van der Waals surface area contributed by atoms with Gasteiger partial charge in [-0.1, -0.05) is 0 Å². The van der Waals surface area contributed by atoms with Crippen LogP contribution in [0.4, 0.5) is 10.6 Å². The lowest BCUT2D eigenvalue weighted by Gasteiger charge is -2.22. The molecule has 8 heteroatoms. The first kappa shape index (κ1) is 15.9. The fourth-order valence-electron chi connectivity index (χ4n) is 2.02. The number of carbonyl (C=O) groups is 2. The highest BCUT2D eigenvalue weighted by Crippen LogP contribution is 2.26. The van der Waals surface area contributed by atoms with E-state index in [1.54, 1.807) is 26.8 Å². The number of nitrogens with zero attached hydrogens (tertiary/aromatic N) is 2. The molecule has 8 nitrogen and oxygen atoms in total. The second kappa shape index (κ2) is 5.70. The van der Waals surface area contributed by atoms with Crippen LogP contribution in [0.25, 0.3) is 0 Å². The Bertz CT molecular complexity index is 597. The predicted octanol–water partition coefficient (Wildman–Crippen LogP) is 0.568. The molecule has 2 amide bonds. The number of hydrogen-bond donors (Lipinski definition) is 1. The highest BCUT2D eigenvalue weighted by molar-refractivity contribution is 5.98. The zero-order valence-electron chi connectivity index (χ0n) is 13.0. The van der Waals surface area contributed by atoms with Crippen LogP contribution in [0.3, 0.4) is 0 Å². The van der Waals surface area contributed by atoms with E-state index in [9.17, 15) is 14.8 Å². The second-order valence-corrected chi connectivity index (χ2v) is 5.93. The number of alkyl carbamates (subject to hydrolysis) is 1. The van der Waals surface area contributed by atoms with Gasteiger partial charge in [0.2, 0.25) is 5.75 Å². The number of ether oxygens (including phenoxy) is 2. The number of amides is 2. The number of nitrogens with one attached hydrogen (secondary N) is 1. The summed E-state index contributed by atoms with van der Waals surface area (Å²) in [6.45, 7) is 5.08. The molecule has 1 aliphatic rings. The minimum atomic E-state index is -0.938. The molecule has 120 valence electrons. The zero-order chi connectivity index (χ0) is 16.5. The van der Waals surface area contributed by atoms with E-state index in [2.05, 4.69) is 5.32 Å². The summed E-state index contributed by atoms with van der Waals surface area (Å²) < 4.78 is 11.1. The van der Waals surface area contributed by atoms with Crippen LogP contribution in [0, 0.1) is 5.21 Å². The number of aromatic nitrogens is 1. The van der Waals surface area contributed by atoms with Crippen molar-refractivity contribution < 1.29 is 23.8 Å². The lowest BCUT2D eigenvalue weighted by atomic mass is 10.2. The van der Waals surface area contributed by atoms with Crippen molar-refractivity contribution in [1.29, 1.82) is 0 Å². The molecule has 1 aliphatic heterocycles. The summed E-state index contributed by atoms with van der Waals surface area (Å²) in [5.74, 6) is -0.0942. The maximum Gasteiger partial charge on any atom is 0.408 e. The lowest BCUT2D eigenvalue weighted by Crippen LogP contribution is -2.51. The monoisotopic (exact) mass is 309 g/mol. The number of carbonyl (C=O) groups excluding carboxylic acids is 2. The van der Waals surface area contributed by atoms with Gasteiger partial charge in [-0.25, -0.2) is 14.3 Å². The van der Waals surface area contributed by atoms with Crippen molar-refractivity contribution in [3.63, 3.8) is 0 Å². The van der Waals surface area contributed by atoms with Gasteiger partial charge in [-0.3, -0.25) is 0 Å². The standard InChI is InChI=1S/C14H19N3O5/c1-14(2,3)22-13(19)15-9-8-21-10-6-5-7-17(20)11(10)16(4)12(9)18/h5-7,9H,8H2,1-4H3,(H,15,19). The Morgan fingerprint density at radius 3 is 2.86 bits per heavy atom. The number of hydrogen-bond acceptors (Lipinski definition) is 5. The second-order valence-electron chi connectivity index (χ2n) is 5.93. The molecule has 1 unspecified atom stereocenters. The first-order chi connectivity index (χ1) is 10.2. The molecule has 0 bridgehead atoms. The van der Waals surface area contributed by atoms with E-state index in [1.165, 1.54) is 19.3 Å². The van der Waals surface area contributed by atoms with E-state index in [1.807, 2.05) is 0 Å². The van der Waals surface area contributed by atoms with Crippen LogP contribution >= 0.6 is 0 Å². The Hall–Kier alpha value is -2.51. The lowest BCUT2D eigenvalue weighted by molar-refractivity contribution is -0.591. The molecule has 1 atom stereocenters. The third-order valence-electron chi connectivity index (χ3n) is 2.94. The summed E-state index contributed by atoms with van der Waals surface area (Å²) in [5.41, 5.74) is -0.675. The first-order valence-electron chi connectivity index (χ1n) is 6.81. The molecule has 2 heterocycles. The molecule has 0 aliphatic carbocycles. The fourth-order valence-corrected chi connectivity index (χ4v) is 2.02. The molecule has 0 fully saturated rings. The van der Waals surface area contributed by atoms with Crippen molar-refractivity contribution in [2.75, 3.05) is 18.6 Å². The third kappa shape index (κ3) is 3.38. The number of fused-ring (bicyclic) bond motifs is 1. The number of rotatable bonds is 1. The molecular weight excluding hydrogens is 290 g/mol. The first-order valence-corrected chi connectivity index (χ1v) is 6.81. The Morgan fingerprint density at radius 2 is 2.23 bits per heavy atom. The third-order valence-corrected chi connectivity index (χ3v) is 2.94. The molecule has 22 heavy (non-hydrogen) atoms. The summed E-state index contributed by atoms with van der Waals surface area (Å²) in [4.78, 5) is 25.4. The predicted molar refractivity (Wildman–Crippen MR) is 77.5 cm³/mol. The van der Waals surface area contributed by atoms with Gasteiger partial charge in [0.05, 0.1) is 13.2 Å². The van der Waals surface area contributed by atoms with Gasteiger partial charge in [0.25, 0.3) is 0 Å². The molecular formula is C14H19N3O5. The van der Waals surface area contributed by atoms with Crippen molar-refractivity contribution in [1.82, 2.24) is 5.32 Å². The van der Waals surface area contributed by atoms with Crippen LogP contribution in [0.2, 0.25) is 0 Å². The van der Waals surface area contributed by atoms with Crippen LogP contribution in [-0.4, -0.2) is 37.3 Å². The molecule has 1 N–H and O–H groups in total. The fraction of sp³-hybridized carbons (Fsp3) is 0.500. The minimum Gasteiger partial charge on any atom is -0.710 e. The Morgan fingerprint density at radius 1 is 1.55 bits per heavy atom. The summed E-state index contributed by atoms with van der Waals surface area (Å²) in [5, 5.41) is 14.3. The molecule has 1 aromatic heterocycles.